The molecule has 1 N–H and O–H groups in total. The molecule has 4 fully saturated rings. The SMILES string of the molecule is CC(C)(C)NCC(Cl)C1C2CC3CC(C2)CC1C3. The van der Waals surface area contributed by atoms with Crippen LogP contribution in [0.1, 0.15) is 52.9 Å². The van der Waals surface area contributed by atoms with E-state index in [0.717, 1.165) is 36.1 Å². The number of alkyl halides is 1. The Morgan fingerprint density at radius 1 is 1.00 bits per heavy atom. The molecule has 0 aromatic rings. The van der Waals surface area contributed by atoms with E-state index in [1.54, 1.807) is 0 Å². The average Bonchev–Trinajstić information content (AvgIpc) is 2.23. The lowest BCUT2D eigenvalue weighted by molar-refractivity contribution is -0.0379. The Morgan fingerprint density at radius 3 is 1.94 bits per heavy atom. The normalized spacial score (nSPS) is 44.3. The lowest BCUT2D eigenvalue weighted by atomic mass is 9.51. The third-order valence-corrected chi connectivity index (χ3v) is 5.99. The second-order valence-corrected chi connectivity index (χ2v) is 8.72. The van der Waals surface area contributed by atoms with Gasteiger partial charge < -0.3 is 5.32 Å². The lowest BCUT2D eigenvalue weighted by Crippen LogP contribution is -2.51. The Balaban J connectivity index is 1.62. The summed E-state index contributed by atoms with van der Waals surface area (Å²) in [4.78, 5) is 0. The van der Waals surface area contributed by atoms with E-state index in [2.05, 4.69) is 26.1 Å². The van der Waals surface area contributed by atoms with Gasteiger partial charge >= 0.3 is 0 Å². The zero-order valence-electron chi connectivity index (χ0n) is 12.1. The Hall–Kier alpha value is 0.250. The summed E-state index contributed by atoms with van der Waals surface area (Å²) in [7, 11) is 0. The van der Waals surface area contributed by atoms with Crippen molar-refractivity contribution in [2.75, 3.05) is 6.54 Å². The first-order valence-electron chi connectivity index (χ1n) is 7.81. The van der Waals surface area contributed by atoms with Crippen molar-refractivity contribution in [2.24, 2.45) is 29.6 Å². The maximum atomic E-state index is 6.77. The average molecular weight is 270 g/mol. The third-order valence-electron chi connectivity index (χ3n) is 5.54. The van der Waals surface area contributed by atoms with Gasteiger partial charge in [0.1, 0.15) is 0 Å². The third kappa shape index (κ3) is 2.58. The molecule has 0 spiro atoms. The molecule has 4 rings (SSSR count). The van der Waals surface area contributed by atoms with Crippen molar-refractivity contribution in [3.05, 3.63) is 0 Å². The molecule has 18 heavy (non-hydrogen) atoms. The van der Waals surface area contributed by atoms with Crippen molar-refractivity contribution >= 4 is 11.6 Å². The van der Waals surface area contributed by atoms with Crippen LogP contribution in [0.4, 0.5) is 0 Å². The number of hydrogen-bond acceptors (Lipinski definition) is 1. The molecule has 0 radical (unpaired) electrons. The van der Waals surface area contributed by atoms with E-state index in [1.165, 1.54) is 32.1 Å². The van der Waals surface area contributed by atoms with Gasteiger partial charge in [-0.25, -0.2) is 0 Å². The van der Waals surface area contributed by atoms with Gasteiger partial charge in [-0.15, -0.1) is 11.6 Å². The summed E-state index contributed by atoms with van der Waals surface area (Å²) >= 11 is 6.77. The summed E-state index contributed by atoms with van der Waals surface area (Å²) in [6.45, 7) is 7.67. The predicted octanol–water partition coefficient (Wildman–Crippen LogP) is 4.05. The summed E-state index contributed by atoms with van der Waals surface area (Å²) < 4.78 is 0. The van der Waals surface area contributed by atoms with Crippen LogP contribution in [0.2, 0.25) is 0 Å². The molecule has 0 aromatic heterocycles. The van der Waals surface area contributed by atoms with Gasteiger partial charge in [-0.05, 0) is 82.5 Å². The maximum absolute atomic E-state index is 6.77. The van der Waals surface area contributed by atoms with Crippen LogP contribution in [0.3, 0.4) is 0 Å². The Labute approximate surface area is 117 Å². The molecule has 0 aromatic carbocycles. The molecule has 4 aliphatic rings. The zero-order chi connectivity index (χ0) is 12.9. The van der Waals surface area contributed by atoms with E-state index in [-0.39, 0.29) is 5.54 Å². The molecule has 1 atom stereocenters. The minimum atomic E-state index is 0.194. The van der Waals surface area contributed by atoms with Crippen LogP contribution in [-0.2, 0) is 0 Å². The van der Waals surface area contributed by atoms with Gasteiger partial charge in [-0.3, -0.25) is 0 Å². The van der Waals surface area contributed by atoms with Gasteiger partial charge in [0.2, 0.25) is 0 Å². The van der Waals surface area contributed by atoms with Crippen LogP contribution in [0.15, 0.2) is 0 Å². The molecular weight excluding hydrogens is 242 g/mol. The van der Waals surface area contributed by atoms with Gasteiger partial charge in [0.05, 0.1) is 0 Å². The highest BCUT2D eigenvalue weighted by Gasteiger charge is 2.50. The fourth-order valence-corrected chi connectivity index (χ4v) is 5.59. The van der Waals surface area contributed by atoms with Crippen molar-refractivity contribution in [1.82, 2.24) is 5.32 Å². The Bertz CT molecular complexity index is 279. The smallest absolute Gasteiger partial charge is 0.0494 e. The molecule has 104 valence electrons. The molecule has 1 unspecified atom stereocenters. The van der Waals surface area contributed by atoms with Crippen LogP contribution in [-0.4, -0.2) is 17.5 Å². The highest BCUT2D eigenvalue weighted by atomic mass is 35.5. The standard InChI is InChI=1S/C16H28ClN/c1-16(2,3)18-9-14(17)15-12-5-10-4-11(7-12)8-13(15)6-10/h10-15,18H,4-9H2,1-3H3. The molecular formula is C16H28ClN. The van der Waals surface area contributed by atoms with E-state index in [9.17, 15) is 0 Å². The van der Waals surface area contributed by atoms with Gasteiger partial charge in [0.15, 0.2) is 0 Å². The van der Waals surface area contributed by atoms with Crippen molar-refractivity contribution in [2.45, 2.75) is 63.8 Å². The van der Waals surface area contributed by atoms with E-state index < -0.39 is 0 Å². The van der Waals surface area contributed by atoms with Crippen LogP contribution in [0.25, 0.3) is 0 Å². The monoisotopic (exact) mass is 269 g/mol. The molecule has 4 saturated carbocycles. The molecule has 4 aliphatic carbocycles. The van der Waals surface area contributed by atoms with Crippen LogP contribution < -0.4 is 5.32 Å². The number of halogens is 1. The number of nitrogens with one attached hydrogen (secondary N) is 1. The van der Waals surface area contributed by atoms with Crippen molar-refractivity contribution in [3.63, 3.8) is 0 Å². The second-order valence-electron chi connectivity index (χ2n) is 8.15. The highest BCUT2D eigenvalue weighted by molar-refractivity contribution is 6.21. The van der Waals surface area contributed by atoms with Crippen LogP contribution >= 0.6 is 11.6 Å². The largest absolute Gasteiger partial charge is 0.311 e. The van der Waals surface area contributed by atoms with Crippen molar-refractivity contribution in [3.8, 4) is 0 Å². The Kier molecular flexibility index (Phi) is 3.43. The summed E-state index contributed by atoms with van der Waals surface area (Å²) in [6, 6.07) is 0. The van der Waals surface area contributed by atoms with Crippen molar-refractivity contribution < 1.29 is 0 Å². The minimum Gasteiger partial charge on any atom is -0.311 e. The number of hydrogen-bond donors (Lipinski definition) is 1. The van der Waals surface area contributed by atoms with E-state index >= 15 is 0 Å². The molecule has 0 aliphatic heterocycles. The molecule has 2 heteroatoms. The van der Waals surface area contributed by atoms with Crippen LogP contribution in [0.5, 0.6) is 0 Å². The van der Waals surface area contributed by atoms with Gasteiger partial charge in [-0.1, -0.05) is 0 Å². The quantitative estimate of drug-likeness (QED) is 0.762. The highest BCUT2D eigenvalue weighted by Crippen LogP contribution is 2.57. The van der Waals surface area contributed by atoms with Crippen LogP contribution in [0, 0.1) is 29.6 Å². The molecule has 0 amide bonds. The summed E-state index contributed by atoms with van der Waals surface area (Å²) in [5.41, 5.74) is 0.194. The first kappa shape index (κ1) is 13.2. The van der Waals surface area contributed by atoms with Gasteiger partial charge in [0, 0.05) is 17.5 Å². The fraction of sp³-hybridized carbons (Fsp3) is 1.00. The second kappa shape index (κ2) is 4.66. The summed E-state index contributed by atoms with van der Waals surface area (Å²) in [6.07, 6.45) is 7.46. The topological polar surface area (TPSA) is 12.0 Å². The van der Waals surface area contributed by atoms with Gasteiger partial charge in [0.25, 0.3) is 0 Å². The number of rotatable bonds is 3. The summed E-state index contributed by atoms with van der Waals surface area (Å²) in [5.74, 6) is 4.82. The van der Waals surface area contributed by atoms with E-state index in [0.29, 0.717) is 5.38 Å². The molecule has 0 heterocycles. The van der Waals surface area contributed by atoms with Crippen molar-refractivity contribution in [1.29, 1.82) is 0 Å². The predicted molar refractivity (Wildman–Crippen MR) is 77.9 cm³/mol. The Morgan fingerprint density at radius 2 is 1.50 bits per heavy atom. The maximum Gasteiger partial charge on any atom is 0.0494 e. The lowest BCUT2D eigenvalue weighted by Gasteiger charge is -2.55. The molecule has 0 saturated heterocycles. The minimum absolute atomic E-state index is 0.194. The van der Waals surface area contributed by atoms with E-state index in [4.69, 9.17) is 11.6 Å². The first-order valence-corrected chi connectivity index (χ1v) is 8.25. The van der Waals surface area contributed by atoms with Gasteiger partial charge in [-0.2, -0.15) is 0 Å². The molecule has 4 bridgehead atoms. The van der Waals surface area contributed by atoms with E-state index in [1.807, 2.05) is 0 Å². The summed E-state index contributed by atoms with van der Waals surface area (Å²) in [5, 5.41) is 3.95. The first-order chi connectivity index (χ1) is 8.42. The fourth-order valence-electron chi connectivity index (χ4n) is 5.10. The molecule has 1 nitrogen and oxygen atoms in total. The zero-order valence-corrected chi connectivity index (χ0v) is 12.8.